The number of carbonyl (C=O) groups excluding carboxylic acids is 6. The molecule has 28 heteroatoms. The van der Waals surface area contributed by atoms with Gasteiger partial charge >= 0.3 is 0 Å². The van der Waals surface area contributed by atoms with E-state index in [1.54, 1.807) is 119 Å². The van der Waals surface area contributed by atoms with Crippen molar-refractivity contribution < 1.29 is 38.6 Å². The normalized spacial score (nSPS) is 17.9. The van der Waals surface area contributed by atoms with Crippen molar-refractivity contribution in [1.82, 2.24) is 59.6 Å². The third-order valence-electron chi connectivity index (χ3n) is 22.4. The molecule has 0 radical (unpaired) electrons. The number of aliphatic hydroxyl groups is 1. The van der Waals surface area contributed by atoms with E-state index < -0.39 is 42.5 Å². The number of aryl methyl sites for hydroxylation is 3. The topological polar surface area (TPSA) is 307 Å². The lowest BCUT2D eigenvalue weighted by atomic mass is 9.91. The molecule has 15 rings (SSSR count). The van der Waals surface area contributed by atoms with Gasteiger partial charge in [-0.2, -0.15) is 0 Å². The number of nitrogens with one attached hydrogen (secondary N) is 3. The number of pyridine rings is 3. The summed E-state index contributed by atoms with van der Waals surface area (Å²) in [5.41, 5.74) is 11.4. The van der Waals surface area contributed by atoms with E-state index in [1.807, 2.05) is 130 Å². The lowest BCUT2D eigenvalue weighted by Crippen LogP contribution is -2.50. The second-order valence-electron chi connectivity index (χ2n) is 32.0. The van der Waals surface area contributed by atoms with Crippen molar-refractivity contribution in [3.8, 4) is 0 Å². The molecule has 26 nitrogen and oxygen atoms in total. The molecule has 6 aliphatic rings. The first kappa shape index (κ1) is 87.8. The van der Waals surface area contributed by atoms with Crippen LogP contribution in [-0.4, -0.2) is 163 Å². The Morgan fingerprint density at radius 2 is 0.825 bits per heavy atom. The summed E-state index contributed by atoms with van der Waals surface area (Å²) in [6.07, 6.45) is 34.2. The van der Waals surface area contributed by atoms with Crippen LogP contribution < -0.4 is 30.7 Å². The highest BCUT2D eigenvalue weighted by Crippen LogP contribution is 2.41. The van der Waals surface area contributed by atoms with E-state index in [0.29, 0.717) is 94.1 Å². The van der Waals surface area contributed by atoms with Crippen molar-refractivity contribution in [2.75, 3.05) is 35.8 Å². The van der Waals surface area contributed by atoms with Crippen LogP contribution in [0.4, 0.5) is 17.1 Å². The van der Waals surface area contributed by atoms with Gasteiger partial charge in [-0.05, 0) is 155 Å². The average molecular weight is 1660 g/mol. The Bertz CT molecular complexity index is 5050. The molecule has 6 amide bonds. The van der Waals surface area contributed by atoms with Gasteiger partial charge in [0.25, 0.3) is 22.9 Å². The molecule has 9 heterocycles. The number of nitrogens with zero attached hydrogens (tertiary/aromatic N) is 15. The Morgan fingerprint density at radius 3 is 1.20 bits per heavy atom. The number of carbonyl (C=O) groups is 6. The third-order valence-corrected chi connectivity index (χ3v) is 23.2. The number of aliphatic hydroxyl groups excluding tert-OH is 1. The molecule has 0 bridgehead atoms. The number of hydrogen-bond donors (Lipinski definition) is 4. The lowest BCUT2D eigenvalue weighted by Gasteiger charge is -2.29. The zero-order valence-electron chi connectivity index (χ0n) is 69.9. The first-order valence-corrected chi connectivity index (χ1v) is 42.8. The van der Waals surface area contributed by atoms with E-state index in [4.69, 9.17) is 44.1 Å². The number of para-hydroxylation sites is 3. The molecule has 0 spiro atoms. The predicted octanol–water partition coefficient (Wildman–Crippen LogP) is 13.7. The Hall–Kier alpha value is -11.5. The van der Waals surface area contributed by atoms with E-state index in [0.717, 1.165) is 123 Å². The molecule has 3 aromatic carbocycles. The van der Waals surface area contributed by atoms with Gasteiger partial charge in [0.15, 0.2) is 5.11 Å². The number of fused-ring (bicyclic) bond motifs is 3. The first-order valence-electron chi connectivity index (χ1n) is 42.0. The van der Waals surface area contributed by atoms with Gasteiger partial charge < -0.3 is 40.5 Å². The van der Waals surface area contributed by atoms with Crippen LogP contribution in [-0.2, 0) is 33.5 Å². The quantitative estimate of drug-likeness (QED) is 0.0262. The van der Waals surface area contributed by atoms with Crippen LogP contribution in [0.2, 0.25) is 0 Å². The van der Waals surface area contributed by atoms with Crippen molar-refractivity contribution in [3.05, 3.63) is 234 Å². The molecule has 6 aromatic heterocycles. The van der Waals surface area contributed by atoms with E-state index in [1.165, 1.54) is 17.7 Å². The number of hydrogen-bond acceptors (Lipinski definition) is 19. The van der Waals surface area contributed by atoms with Crippen molar-refractivity contribution in [2.24, 2.45) is 50.5 Å². The molecule has 0 saturated heterocycles. The fraction of sp³-hybridized carbons (Fsp3) is 0.424. The van der Waals surface area contributed by atoms with E-state index in [2.05, 4.69) is 66.6 Å². The van der Waals surface area contributed by atoms with Crippen LogP contribution >= 0.6 is 24.4 Å². The highest BCUT2D eigenvalue weighted by atomic mass is 32.1. The Morgan fingerprint density at radius 1 is 0.458 bits per heavy atom. The minimum Gasteiger partial charge on any atom is -0.466 e. The number of rotatable bonds is 28. The average Bonchev–Trinajstić information content (AvgIpc) is 1.60. The molecule has 3 aliphatic heterocycles. The fourth-order valence-electron chi connectivity index (χ4n) is 14.9. The number of aliphatic imine (C=N–C) groups is 3. The summed E-state index contributed by atoms with van der Waals surface area (Å²) in [6.45, 7) is 12.3. The van der Waals surface area contributed by atoms with Crippen LogP contribution in [0.15, 0.2) is 199 Å². The second-order valence-corrected chi connectivity index (χ2v) is 32.7. The highest BCUT2D eigenvalue weighted by Gasteiger charge is 2.42. The number of imidazole rings is 3. The molecule has 628 valence electrons. The van der Waals surface area contributed by atoms with Gasteiger partial charge in [-0.25, -0.2) is 29.9 Å². The Kier molecular flexibility index (Phi) is 30.7. The minimum atomic E-state index is -1.12. The first-order chi connectivity index (χ1) is 58.1. The molecule has 9 aromatic rings. The monoisotopic (exact) mass is 1660 g/mol. The summed E-state index contributed by atoms with van der Waals surface area (Å²) in [6, 6.07) is 34.4. The number of likely N-dealkylation sites (N-methyl/N-ethyl adjacent to an activating group) is 3. The van der Waals surface area contributed by atoms with Gasteiger partial charge in [-0.15, -0.1) is 0 Å². The van der Waals surface area contributed by atoms with Gasteiger partial charge in [0.2, 0.25) is 36.2 Å². The molecular weight excluding hydrogens is 1550 g/mol. The number of ether oxygens (including phenoxy) is 1. The van der Waals surface area contributed by atoms with Crippen LogP contribution in [0.1, 0.15) is 193 Å². The molecule has 4 N–H and O–H groups in total. The number of aromatic nitrogens is 9. The molecule has 3 fully saturated rings. The smallest absolute Gasteiger partial charge is 0.272 e. The largest absolute Gasteiger partial charge is 0.466 e. The number of unbranched alkanes of at least 4 members (excludes halogenated alkanes) is 4. The van der Waals surface area contributed by atoms with Crippen LogP contribution in [0.3, 0.4) is 0 Å². The molecular formula is C92H110N18O8S2. The van der Waals surface area contributed by atoms with Gasteiger partial charge in [0.05, 0.1) is 69.2 Å². The number of amides is 6. The van der Waals surface area contributed by atoms with E-state index in [-0.39, 0.29) is 46.5 Å². The highest BCUT2D eigenvalue weighted by molar-refractivity contribution is 7.80. The van der Waals surface area contributed by atoms with Crippen LogP contribution in [0, 0.1) is 56.3 Å². The summed E-state index contributed by atoms with van der Waals surface area (Å²) >= 11 is 10.7. The van der Waals surface area contributed by atoms with Crippen molar-refractivity contribution in [1.29, 1.82) is 0 Å². The molecule has 3 aliphatic carbocycles. The number of benzene rings is 3. The van der Waals surface area contributed by atoms with Crippen molar-refractivity contribution in [3.63, 3.8) is 0 Å². The summed E-state index contributed by atoms with van der Waals surface area (Å²) < 4.78 is 11.4. The predicted molar refractivity (Wildman–Crippen MR) is 474 cm³/mol. The minimum absolute atomic E-state index is 0.0596. The molecule has 3 saturated carbocycles. The molecule has 3 unspecified atom stereocenters. The SMILES string of the molecule is CCCCC[C@@H](CC1CC1)C(=O)NC1N=C(c2ccc(C)cn2)c2ccccc2N(C)C1=O.CCCC[C@H](O)[C@@H](CC1CC1)C(=O)NC1N=C(c2ccc(C)cn2)c2ccccc2N(C)C1=O.CCCC[C@H](OC(=S)n1ccnc1)[C@@H](CC1CC1)C(=O)NC1N=C(c2ccc(C)cn2)c2ccccc2N(C)C1=O.S=C(n1ccnc1)n1ccnc1. The van der Waals surface area contributed by atoms with Gasteiger partial charge in [0, 0.05) is 99.5 Å². The standard InChI is InChI=1S/C31H36N6O3S.C27H34N4O3.C27H34N4O2.C7H6N4S/c1-4-5-10-26(40-31(41)37-16-15-32-19-37)23(17-21-12-13-21)29(38)35-28-30(39)36(3)25-9-7-6-8-22(25)27(34-28)24-14-11-20(2)18-33-24;1-4-5-10-23(32)20(15-18-12-13-18)26(33)30-25-27(34)31(3)22-9-7-6-8-19(22)24(29-25)21-14-11-17(2)16-28-21;1-4-5-6-9-20(16-19-13-14-19)26(32)30-25-27(33)31(3)23-11-8-7-10-21(23)24(29-25)22-15-12-18(2)17-28-22;12-7(10-3-1-8-5-10)11-4-2-9-6-11/h6-9,11,14-16,18-19,21,23,26,28H,4-5,10,12-13,17H2,1-3H3,(H,35,38);6-9,11,14,16,18,20,23,25,32H,4-5,10,12-13,15H2,1-3H3,(H,30,33);7-8,10-12,15,17,19-20,25H,4-6,9,13-14,16H2,1-3H3,(H,30,32);1-6H/t23-,26+,28?;20-,23+,25?;20-,25?;/m110./s1. The Balaban J connectivity index is 0.000000155. The van der Waals surface area contributed by atoms with Gasteiger partial charge in [0.1, 0.15) is 25.1 Å². The summed E-state index contributed by atoms with van der Waals surface area (Å²) in [5, 5.41) is 20.5. The van der Waals surface area contributed by atoms with Crippen LogP contribution in [0.5, 0.6) is 0 Å². The summed E-state index contributed by atoms with van der Waals surface area (Å²) in [7, 11) is 5.14. The van der Waals surface area contributed by atoms with E-state index in [9.17, 15) is 33.9 Å². The fourth-order valence-corrected chi connectivity index (χ4v) is 15.3. The van der Waals surface area contributed by atoms with Crippen molar-refractivity contribution >= 4 is 104 Å². The summed E-state index contributed by atoms with van der Waals surface area (Å²) in [5.74, 6) is -1.04. The van der Waals surface area contributed by atoms with E-state index >= 15 is 0 Å². The van der Waals surface area contributed by atoms with Gasteiger partial charge in [-0.1, -0.05) is 177 Å². The maximum Gasteiger partial charge on any atom is 0.272 e. The summed E-state index contributed by atoms with van der Waals surface area (Å²) in [4.78, 5) is 126. The third kappa shape index (κ3) is 23.1. The number of anilines is 3. The van der Waals surface area contributed by atoms with Crippen molar-refractivity contribution in [2.45, 2.75) is 194 Å². The van der Waals surface area contributed by atoms with Gasteiger partial charge in [-0.3, -0.25) is 57.4 Å². The molecule has 8 atom stereocenters. The maximum absolute atomic E-state index is 14.1. The Labute approximate surface area is 713 Å². The maximum atomic E-state index is 14.1. The zero-order valence-corrected chi connectivity index (χ0v) is 71.6. The lowest BCUT2D eigenvalue weighted by molar-refractivity contribution is -0.133. The molecule has 120 heavy (non-hydrogen) atoms. The number of thiocarbonyl (C=S) groups is 2. The zero-order chi connectivity index (χ0) is 84.9. The second kappa shape index (κ2) is 41.9. The van der Waals surface area contributed by atoms with Crippen LogP contribution in [0.25, 0.3) is 0 Å². The number of benzodiazepines with no additional fused rings is 3.